The van der Waals surface area contributed by atoms with Crippen molar-refractivity contribution >= 4 is 29.4 Å². The Morgan fingerprint density at radius 3 is 2.32 bits per heavy atom. The molecule has 3 amide bonds. The van der Waals surface area contributed by atoms with Crippen molar-refractivity contribution in [3.05, 3.63) is 47.5 Å². The number of carbonyl (C=O) groups is 4. The average Bonchev–Trinajstić information content (AvgIpc) is 3.52. The summed E-state index contributed by atoms with van der Waals surface area (Å²) < 4.78 is 12.0. The molecule has 0 radical (unpaired) electrons. The van der Waals surface area contributed by atoms with Gasteiger partial charge in [0.15, 0.2) is 0 Å². The Morgan fingerprint density at radius 1 is 1.04 bits per heavy atom. The Bertz CT molecular complexity index is 1760. The zero-order valence-corrected chi connectivity index (χ0v) is 35.2. The van der Waals surface area contributed by atoms with E-state index in [1.165, 1.54) is 13.5 Å². The number of nitrogens with one attached hydrogen (secondary N) is 2. The fourth-order valence-corrected chi connectivity index (χ4v) is 9.33. The first-order valence-corrected chi connectivity index (χ1v) is 20.3. The number of para-hydroxylation sites is 1. The standard InChI is InChI=1S/C44H64N4O8/c1-24(2)15-37(50)47(10)43(53)30-17-29(18-32(19-30)45-9)33-14-12-13-28(41(33)54-11)22-48-40(39(36(23-49)56-48)27(6)55-38(51)16-25(3)4)42(52)46-35-21-31-20-34(26(35)5)44(31,7)8/h12-14,17-19,24-27,31,34-36,39-40,45,49H,15-16,20-23H2,1-11H3,(H,46,52)/t26-,27-,31+,34+,35-,36-,39+,40-/m0/s1. The molecule has 4 aliphatic rings. The van der Waals surface area contributed by atoms with Gasteiger partial charge in [-0.3, -0.25) is 28.9 Å². The molecule has 1 saturated heterocycles. The predicted molar refractivity (Wildman–Crippen MR) is 215 cm³/mol. The van der Waals surface area contributed by atoms with E-state index in [1.807, 2.05) is 52.0 Å². The molecule has 2 bridgehead atoms. The fraction of sp³-hybridized carbons (Fsp3) is 0.636. The average molecular weight is 777 g/mol. The van der Waals surface area contributed by atoms with Crippen molar-refractivity contribution in [2.24, 2.45) is 40.9 Å². The van der Waals surface area contributed by atoms with Crippen molar-refractivity contribution in [3.63, 3.8) is 0 Å². The summed E-state index contributed by atoms with van der Waals surface area (Å²) in [6, 6.07) is 10.1. The summed E-state index contributed by atoms with van der Waals surface area (Å²) in [6.45, 7) is 16.1. The maximum atomic E-state index is 14.6. The van der Waals surface area contributed by atoms with Gasteiger partial charge in [0.25, 0.3) is 5.91 Å². The Hall–Kier alpha value is -4.00. The van der Waals surface area contributed by atoms with Gasteiger partial charge >= 0.3 is 5.97 Å². The van der Waals surface area contributed by atoms with Gasteiger partial charge in [-0.25, -0.2) is 0 Å². The molecule has 4 fully saturated rings. The molecule has 3 N–H and O–H groups in total. The van der Waals surface area contributed by atoms with Gasteiger partial charge in [-0.05, 0) is 78.5 Å². The van der Waals surface area contributed by atoms with Crippen LogP contribution in [0.3, 0.4) is 0 Å². The number of methoxy groups -OCH3 is 1. The van der Waals surface area contributed by atoms with Crippen LogP contribution in [-0.4, -0.2) is 90.9 Å². The molecule has 3 saturated carbocycles. The van der Waals surface area contributed by atoms with Crippen LogP contribution in [0, 0.1) is 40.9 Å². The lowest BCUT2D eigenvalue weighted by Gasteiger charge is -2.62. The van der Waals surface area contributed by atoms with Crippen molar-refractivity contribution in [1.82, 2.24) is 15.3 Å². The van der Waals surface area contributed by atoms with Gasteiger partial charge in [0.2, 0.25) is 11.8 Å². The Balaban J connectivity index is 1.49. The smallest absolute Gasteiger partial charge is 0.306 e. The second-order valence-corrected chi connectivity index (χ2v) is 17.7. The van der Waals surface area contributed by atoms with E-state index in [1.54, 1.807) is 38.3 Å². The molecule has 0 aromatic heterocycles. The van der Waals surface area contributed by atoms with E-state index < -0.39 is 30.1 Å². The van der Waals surface area contributed by atoms with Crippen LogP contribution in [0.1, 0.15) is 97.0 Å². The minimum absolute atomic E-state index is 0.0114. The summed E-state index contributed by atoms with van der Waals surface area (Å²) in [7, 11) is 4.83. The van der Waals surface area contributed by atoms with Gasteiger partial charge in [0.05, 0.1) is 26.2 Å². The van der Waals surface area contributed by atoms with E-state index in [9.17, 15) is 24.3 Å². The number of aliphatic hydroxyl groups is 1. The summed E-state index contributed by atoms with van der Waals surface area (Å²) in [5.41, 5.74) is 3.34. The molecular weight excluding hydrogens is 713 g/mol. The van der Waals surface area contributed by atoms with Crippen LogP contribution in [0.2, 0.25) is 0 Å². The first-order chi connectivity index (χ1) is 26.4. The number of aliphatic hydroxyl groups excluding tert-OH is 1. The van der Waals surface area contributed by atoms with Gasteiger partial charge in [0.1, 0.15) is 24.0 Å². The molecule has 12 heteroatoms. The molecule has 56 heavy (non-hydrogen) atoms. The highest BCUT2D eigenvalue weighted by Gasteiger charge is 2.57. The fourth-order valence-electron chi connectivity index (χ4n) is 9.33. The molecule has 308 valence electrons. The lowest BCUT2D eigenvalue weighted by Crippen LogP contribution is -2.62. The highest BCUT2D eigenvalue weighted by Crippen LogP contribution is 2.61. The molecule has 12 nitrogen and oxygen atoms in total. The maximum Gasteiger partial charge on any atom is 0.306 e. The number of nitrogens with zero attached hydrogens (tertiary/aromatic N) is 2. The van der Waals surface area contributed by atoms with Crippen molar-refractivity contribution in [1.29, 1.82) is 0 Å². The van der Waals surface area contributed by atoms with E-state index in [-0.39, 0.29) is 73.0 Å². The molecule has 3 aliphatic carbocycles. The second-order valence-electron chi connectivity index (χ2n) is 17.7. The Morgan fingerprint density at radius 2 is 1.73 bits per heavy atom. The SMILES string of the molecule is CNc1cc(C(=O)N(C)C(=O)CC(C)C)cc(-c2cccc(CN3O[C@@H](CO)[C@@H]([C@H](C)OC(=O)CC(C)C)[C@H]3C(=O)N[C@H]3C[C@H]4C[C@H]([C@@H]3C)C4(C)C)c2OC)c1. The minimum atomic E-state index is -0.892. The number of imide groups is 1. The monoisotopic (exact) mass is 776 g/mol. The summed E-state index contributed by atoms with van der Waals surface area (Å²) in [4.78, 5) is 61.5. The van der Waals surface area contributed by atoms with Crippen LogP contribution in [0.5, 0.6) is 5.75 Å². The molecule has 6 rings (SSSR count). The minimum Gasteiger partial charge on any atom is -0.496 e. The van der Waals surface area contributed by atoms with Crippen molar-refractivity contribution in [2.75, 3.05) is 33.1 Å². The van der Waals surface area contributed by atoms with Crippen LogP contribution in [-0.2, 0) is 30.5 Å². The van der Waals surface area contributed by atoms with Crippen LogP contribution < -0.4 is 15.4 Å². The first kappa shape index (κ1) is 43.1. The molecular formula is C44H64N4O8. The molecule has 0 unspecified atom stereocenters. The molecule has 1 heterocycles. The van der Waals surface area contributed by atoms with E-state index in [0.717, 1.165) is 11.3 Å². The van der Waals surface area contributed by atoms with Crippen LogP contribution >= 0.6 is 0 Å². The van der Waals surface area contributed by atoms with E-state index in [2.05, 4.69) is 31.4 Å². The number of esters is 1. The molecule has 1 aliphatic heterocycles. The molecule has 0 spiro atoms. The topological polar surface area (TPSA) is 147 Å². The predicted octanol–water partition coefficient (Wildman–Crippen LogP) is 6.31. The van der Waals surface area contributed by atoms with Crippen molar-refractivity contribution in [2.45, 2.75) is 112 Å². The number of rotatable bonds is 15. The van der Waals surface area contributed by atoms with Crippen LogP contribution in [0.25, 0.3) is 11.1 Å². The first-order valence-electron chi connectivity index (χ1n) is 20.3. The zero-order valence-electron chi connectivity index (χ0n) is 35.2. The number of hydrogen-bond acceptors (Lipinski definition) is 10. The Kier molecular flexibility index (Phi) is 13.6. The third kappa shape index (κ3) is 8.92. The number of hydroxylamine groups is 2. The quantitative estimate of drug-likeness (QED) is 0.176. The normalized spacial score (nSPS) is 26.0. The Labute approximate surface area is 333 Å². The third-order valence-electron chi connectivity index (χ3n) is 12.6. The zero-order chi connectivity index (χ0) is 41.2. The number of benzene rings is 2. The van der Waals surface area contributed by atoms with E-state index in [4.69, 9.17) is 14.3 Å². The number of ether oxygens (including phenoxy) is 2. The second kappa shape index (κ2) is 17.6. The number of amides is 3. The van der Waals surface area contributed by atoms with Crippen LogP contribution in [0.15, 0.2) is 36.4 Å². The highest BCUT2D eigenvalue weighted by molar-refractivity contribution is 6.05. The molecule has 2 aromatic carbocycles. The maximum absolute atomic E-state index is 14.6. The van der Waals surface area contributed by atoms with Gasteiger partial charge in [-0.15, -0.1) is 0 Å². The summed E-state index contributed by atoms with van der Waals surface area (Å²) in [5.74, 6) is 0.123. The summed E-state index contributed by atoms with van der Waals surface area (Å²) >= 11 is 0. The number of carbonyl (C=O) groups excluding carboxylic acids is 4. The van der Waals surface area contributed by atoms with Gasteiger partial charge in [-0.2, -0.15) is 5.06 Å². The van der Waals surface area contributed by atoms with Gasteiger partial charge in [-0.1, -0.05) is 66.7 Å². The van der Waals surface area contributed by atoms with Gasteiger partial charge < -0.3 is 25.2 Å². The lowest BCUT2D eigenvalue weighted by atomic mass is 9.45. The highest BCUT2D eigenvalue weighted by atomic mass is 16.7. The number of hydrogen-bond donors (Lipinski definition) is 3. The van der Waals surface area contributed by atoms with Crippen LogP contribution in [0.4, 0.5) is 5.69 Å². The molecule has 8 atom stereocenters. The molecule has 2 aromatic rings. The van der Waals surface area contributed by atoms with E-state index >= 15 is 0 Å². The summed E-state index contributed by atoms with van der Waals surface area (Å²) in [5, 5.41) is 18.7. The number of fused-ring (bicyclic) bond motifs is 2. The third-order valence-corrected chi connectivity index (χ3v) is 12.6. The van der Waals surface area contributed by atoms with Crippen molar-refractivity contribution < 1.29 is 38.6 Å². The van der Waals surface area contributed by atoms with Crippen molar-refractivity contribution in [3.8, 4) is 16.9 Å². The summed E-state index contributed by atoms with van der Waals surface area (Å²) in [6.07, 6.45) is 1.02. The number of anilines is 1. The van der Waals surface area contributed by atoms with E-state index in [0.29, 0.717) is 45.5 Å². The largest absolute Gasteiger partial charge is 0.496 e. The lowest BCUT2D eigenvalue weighted by molar-refractivity contribution is -0.183. The van der Waals surface area contributed by atoms with Gasteiger partial charge in [0, 0.05) is 55.4 Å².